The zero-order valence-electron chi connectivity index (χ0n) is 9.68. The smallest absolute Gasteiger partial charge is 0.266 e. The van der Waals surface area contributed by atoms with Crippen molar-refractivity contribution in [1.29, 1.82) is 0 Å². The Morgan fingerprint density at radius 2 is 1.84 bits per heavy atom. The predicted molar refractivity (Wildman–Crippen MR) is 80.0 cm³/mol. The molecular weight excluding hydrogens is 328 g/mol. The summed E-state index contributed by atoms with van der Waals surface area (Å²) in [5, 5.41) is 0.689. The standard InChI is InChI=1S/C14H8BrClN2O/c15-9-6-7-12-11(8-9)13(19)18(14(16)17-12)10-4-2-1-3-5-10/h1-8H. The highest BCUT2D eigenvalue weighted by Crippen LogP contribution is 2.19. The maximum atomic E-state index is 12.5. The van der Waals surface area contributed by atoms with Gasteiger partial charge in [-0.3, -0.25) is 9.36 Å². The Balaban J connectivity index is 2.41. The average Bonchev–Trinajstić information content (AvgIpc) is 2.41. The van der Waals surface area contributed by atoms with Crippen LogP contribution in [0.1, 0.15) is 0 Å². The van der Waals surface area contributed by atoms with E-state index in [1.165, 1.54) is 4.57 Å². The van der Waals surface area contributed by atoms with E-state index in [-0.39, 0.29) is 10.8 Å². The number of para-hydroxylation sites is 1. The zero-order valence-corrected chi connectivity index (χ0v) is 12.0. The van der Waals surface area contributed by atoms with Gasteiger partial charge >= 0.3 is 0 Å². The second-order valence-corrected chi connectivity index (χ2v) is 5.27. The lowest BCUT2D eigenvalue weighted by molar-refractivity contribution is 0.964. The summed E-state index contributed by atoms with van der Waals surface area (Å²) in [6.45, 7) is 0. The number of benzene rings is 2. The second kappa shape index (κ2) is 4.79. The van der Waals surface area contributed by atoms with Crippen molar-refractivity contribution in [2.45, 2.75) is 0 Å². The number of fused-ring (bicyclic) bond motifs is 1. The fourth-order valence-corrected chi connectivity index (χ4v) is 2.56. The summed E-state index contributed by atoms with van der Waals surface area (Å²) < 4.78 is 2.23. The summed E-state index contributed by atoms with van der Waals surface area (Å²) in [4.78, 5) is 16.8. The Morgan fingerprint density at radius 3 is 2.58 bits per heavy atom. The number of halogens is 2. The van der Waals surface area contributed by atoms with E-state index >= 15 is 0 Å². The molecule has 0 aliphatic heterocycles. The Hall–Kier alpha value is -1.65. The van der Waals surface area contributed by atoms with Gasteiger partial charge in [0.25, 0.3) is 5.56 Å². The van der Waals surface area contributed by atoms with Crippen molar-refractivity contribution in [3.8, 4) is 5.69 Å². The maximum Gasteiger partial charge on any atom is 0.266 e. The van der Waals surface area contributed by atoms with Crippen molar-refractivity contribution in [3.63, 3.8) is 0 Å². The third kappa shape index (κ3) is 2.17. The van der Waals surface area contributed by atoms with Gasteiger partial charge in [0.05, 0.1) is 16.6 Å². The first kappa shape index (κ1) is 12.4. The van der Waals surface area contributed by atoms with E-state index in [1.807, 2.05) is 36.4 Å². The number of aromatic nitrogens is 2. The van der Waals surface area contributed by atoms with E-state index in [4.69, 9.17) is 11.6 Å². The number of hydrogen-bond acceptors (Lipinski definition) is 2. The van der Waals surface area contributed by atoms with Gasteiger partial charge in [-0.25, -0.2) is 4.98 Å². The lowest BCUT2D eigenvalue weighted by Gasteiger charge is -2.09. The third-order valence-electron chi connectivity index (χ3n) is 2.80. The molecule has 0 spiro atoms. The maximum absolute atomic E-state index is 12.5. The molecule has 0 atom stereocenters. The van der Waals surface area contributed by atoms with Crippen LogP contribution in [0, 0.1) is 0 Å². The molecule has 0 aliphatic rings. The zero-order chi connectivity index (χ0) is 13.4. The van der Waals surface area contributed by atoms with Crippen LogP contribution >= 0.6 is 27.5 Å². The third-order valence-corrected chi connectivity index (χ3v) is 3.55. The van der Waals surface area contributed by atoms with E-state index in [9.17, 15) is 4.79 Å². The summed E-state index contributed by atoms with van der Waals surface area (Å²) in [7, 11) is 0. The van der Waals surface area contributed by atoms with Gasteiger partial charge in [0.2, 0.25) is 5.28 Å². The van der Waals surface area contributed by atoms with Gasteiger partial charge in [-0.15, -0.1) is 0 Å². The molecule has 0 aliphatic carbocycles. The average molecular weight is 336 g/mol. The molecule has 2 aromatic carbocycles. The van der Waals surface area contributed by atoms with E-state index in [0.29, 0.717) is 16.6 Å². The van der Waals surface area contributed by atoms with Crippen LogP contribution in [0.2, 0.25) is 5.28 Å². The first-order valence-electron chi connectivity index (χ1n) is 5.60. The monoisotopic (exact) mass is 334 g/mol. The molecule has 1 heterocycles. The Morgan fingerprint density at radius 1 is 1.11 bits per heavy atom. The van der Waals surface area contributed by atoms with Gasteiger partial charge in [0.1, 0.15) is 0 Å². The molecule has 0 radical (unpaired) electrons. The molecule has 3 nitrogen and oxygen atoms in total. The molecule has 3 rings (SSSR count). The summed E-state index contributed by atoms with van der Waals surface area (Å²) in [5.41, 5.74) is 1.11. The first-order chi connectivity index (χ1) is 9.16. The normalized spacial score (nSPS) is 10.8. The van der Waals surface area contributed by atoms with Crippen LogP contribution < -0.4 is 5.56 Å². The molecule has 0 saturated carbocycles. The Labute approximate surface area is 122 Å². The van der Waals surface area contributed by atoms with E-state index in [1.54, 1.807) is 12.1 Å². The summed E-state index contributed by atoms with van der Waals surface area (Å²) >= 11 is 9.48. The molecule has 19 heavy (non-hydrogen) atoms. The van der Waals surface area contributed by atoms with Crippen LogP contribution in [0.3, 0.4) is 0 Å². The highest BCUT2D eigenvalue weighted by molar-refractivity contribution is 9.10. The lowest BCUT2D eigenvalue weighted by atomic mass is 10.2. The van der Waals surface area contributed by atoms with Crippen LogP contribution in [0.5, 0.6) is 0 Å². The van der Waals surface area contributed by atoms with Gasteiger partial charge in [-0.2, -0.15) is 0 Å². The molecule has 5 heteroatoms. The lowest BCUT2D eigenvalue weighted by Crippen LogP contribution is -2.20. The highest BCUT2D eigenvalue weighted by Gasteiger charge is 2.11. The molecule has 0 N–H and O–H groups in total. The van der Waals surface area contributed by atoms with Crippen molar-refractivity contribution in [2.24, 2.45) is 0 Å². The van der Waals surface area contributed by atoms with Crippen molar-refractivity contribution in [1.82, 2.24) is 9.55 Å². The topological polar surface area (TPSA) is 34.9 Å². The van der Waals surface area contributed by atoms with Crippen LogP contribution in [0.4, 0.5) is 0 Å². The molecule has 0 fully saturated rings. The van der Waals surface area contributed by atoms with Crippen molar-refractivity contribution < 1.29 is 0 Å². The van der Waals surface area contributed by atoms with E-state index in [0.717, 1.165) is 4.47 Å². The molecule has 0 unspecified atom stereocenters. The first-order valence-corrected chi connectivity index (χ1v) is 6.77. The van der Waals surface area contributed by atoms with E-state index < -0.39 is 0 Å². The van der Waals surface area contributed by atoms with Crippen LogP contribution in [-0.4, -0.2) is 9.55 Å². The van der Waals surface area contributed by atoms with Gasteiger partial charge in [0.15, 0.2) is 0 Å². The summed E-state index contributed by atoms with van der Waals surface area (Å²) in [5.74, 6) is 0. The second-order valence-electron chi connectivity index (χ2n) is 4.02. The summed E-state index contributed by atoms with van der Waals surface area (Å²) in [6.07, 6.45) is 0. The van der Waals surface area contributed by atoms with Gasteiger partial charge in [0, 0.05) is 4.47 Å². The van der Waals surface area contributed by atoms with Crippen molar-refractivity contribution in [2.75, 3.05) is 0 Å². The fraction of sp³-hybridized carbons (Fsp3) is 0. The highest BCUT2D eigenvalue weighted by atomic mass is 79.9. The van der Waals surface area contributed by atoms with Crippen LogP contribution in [0.15, 0.2) is 57.8 Å². The van der Waals surface area contributed by atoms with Crippen LogP contribution in [-0.2, 0) is 0 Å². The molecule has 0 amide bonds. The van der Waals surface area contributed by atoms with Crippen LogP contribution in [0.25, 0.3) is 16.6 Å². The Kier molecular flexibility index (Phi) is 3.12. The summed E-state index contributed by atoms with van der Waals surface area (Å²) in [6, 6.07) is 14.6. The minimum atomic E-state index is -0.178. The Bertz CT molecular complexity index is 815. The minimum Gasteiger partial charge on any atom is -0.268 e. The van der Waals surface area contributed by atoms with Crippen molar-refractivity contribution in [3.05, 3.63) is 68.6 Å². The van der Waals surface area contributed by atoms with Gasteiger partial charge in [-0.05, 0) is 41.9 Å². The van der Waals surface area contributed by atoms with Gasteiger partial charge in [-0.1, -0.05) is 34.1 Å². The molecule has 0 bridgehead atoms. The number of hydrogen-bond donors (Lipinski definition) is 0. The molecular formula is C14H8BrClN2O. The minimum absolute atomic E-state index is 0.158. The van der Waals surface area contributed by atoms with Gasteiger partial charge < -0.3 is 0 Å². The quantitative estimate of drug-likeness (QED) is 0.634. The SMILES string of the molecule is O=c1c2cc(Br)ccc2nc(Cl)n1-c1ccccc1. The van der Waals surface area contributed by atoms with Crippen molar-refractivity contribution >= 4 is 38.4 Å². The molecule has 94 valence electrons. The largest absolute Gasteiger partial charge is 0.268 e. The fourth-order valence-electron chi connectivity index (χ4n) is 1.93. The van der Waals surface area contributed by atoms with E-state index in [2.05, 4.69) is 20.9 Å². The molecule has 1 aromatic heterocycles. The molecule has 0 saturated heterocycles. The molecule has 3 aromatic rings. The predicted octanol–water partition coefficient (Wildman–Crippen LogP) is 3.80. The number of nitrogens with zero attached hydrogens (tertiary/aromatic N) is 2. The number of rotatable bonds is 1.